The van der Waals surface area contributed by atoms with E-state index in [2.05, 4.69) is 29.0 Å². The van der Waals surface area contributed by atoms with Gasteiger partial charge in [0.15, 0.2) is 0 Å². The number of imidazole rings is 1. The third kappa shape index (κ3) is 2.52. The Morgan fingerprint density at radius 2 is 1.80 bits per heavy atom. The number of aromatic amines is 1. The molecule has 3 aromatic rings. The quantitative estimate of drug-likeness (QED) is 0.766. The largest absolute Gasteiger partial charge is 0.491 e. The Morgan fingerprint density at radius 1 is 1.05 bits per heavy atom. The van der Waals surface area contributed by atoms with Gasteiger partial charge in [0.25, 0.3) is 0 Å². The maximum Gasteiger partial charge on any atom is 0.138 e. The van der Waals surface area contributed by atoms with Crippen molar-refractivity contribution >= 4 is 11.0 Å². The van der Waals surface area contributed by atoms with Crippen LogP contribution < -0.4 is 4.74 Å². The first kappa shape index (κ1) is 12.7. The van der Waals surface area contributed by atoms with Crippen molar-refractivity contribution in [2.24, 2.45) is 0 Å². The fourth-order valence-corrected chi connectivity index (χ4v) is 2.22. The van der Waals surface area contributed by atoms with Crippen LogP contribution in [0.1, 0.15) is 19.4 Å². The molecular formula is C17H18N2O. The van der Waals surface area contributed by atoms with E-state index < -0.39 is 0 Å². The molecule has 0 bridgehead atoms. The molecule has 0 atom stereocenters. The lowest BCUT2D eigenvalue weighted by Crippen LogP contribution is -2.05. The summed E-state index contributed by atoms with van der Waals surface area (Å²) < 4.78 is 5.65. The van der Waals surface area contributed by atoms with Gasteiger partial charge in [0.1, 0.15) is 11.6 Å². The predicted molar refractivity (Wildman–Crippen MR) is 82.0 cm³/mol. The van der Waals surface area contributed by atoms with Gasteiger partial charge in [-0.15, -0.1) is 0 Å². The highest BCUT2D eigenvalue weighted by atomic mass is 16.5. The molecule has 1 heterocycles. The summed E-state index contributed by atoms with van der Waals surface area (Å²) in [5.41, 5.74) is 4.36. The molecule has 3 heteroatoms. The molecule has 0 radical (unpaired) electrons. The van der Waals surface area contributed by atoms with E-state index in [1.807, 2.05) is 44.2 Å². The average Bonchev–Trinajstić information content (AvgIpc) is 2.81. The van der Waals surface area contributed by atoms with Gasteiger partial charge in [-0.05, 0) is 62.7 Å². The number of fused-ring (bicyclic) bond motifs is 1. The highest BCUT2D eigenvalue weighted by molar-refractivity contribution is 5.80. The second-order valence-electron chi connectivity index (χ2n) is 5.30. The number of ether oxygens (including phenoxy) is 1. The summed E-state index contributed by atoms with van der Waals surface area (Å²) in [7, 11) is 0. The number of aromatic nitrogens is 2. The van der Waals surface area contributed by atoms with Gasteiger partial charge in [-0.2, -0.15) is 0 Å². The summed E-state index contributed by atoms with van der Waals surface area (Å²) in [6.45, 7) is 6.13. The second kappa shape index (κ2) is 5.00. The number of hydrogen-bond acceptors (Lipinski definition) is 2. The molecule has 20 heavy (non-hydrogen) atoms. The topological polar surface area (TPSA) is 37.9 Å². The van der Waals surface area contributed by atoms with E-state index in [0.717, 1.165) is 28.2 Å². The zero-order valence-electron chi connectivity index (χ0n) is 12.0. The van der Waals surface area contributed by atoms with Crippen molar-refractivity contribution in [3.8, 4) is 17.1 Å². The van der Waals surface area contributed by atoms with Gasteiger partial charge >= 0.3 is 0 Å². The summed E-state index contributed by atoms with van der Waals surface area (Å²) >= 11 is 0. The van der Waals surface area contributed by atoms with Crippen molar-refractivity contribution < 1.29 is 4.74 Å². The number of rotatable bonds is 3. The third-order valence-corrected chi connectivity index (χ3v) is 3.14. The summed E-state index contributed by atoms with van der Waals surface area (Å²) in [6.07, 6.45) is 0.190. The lowest BCUT2D eigenvalue weighted by molar-refractivity contribution is 0.242. The van der Waals surface area contributed by atoms with Crippen LogP contribution in [0, 0.1) is 6.92 Å². The van der Waals surface area contributed by atoms with Gasteiger partial charge in [0.2, 0.25) is 0 Å². The maximum absolute atomic E-state index is 5.65. The fourth-order valence-electron chi connectivity index (χ4n) is 2.22. The minimum absolute atomic E-state index is 0.190. The minimum atomic E-state index is 0.190. The Morgan fingerprint density at radius 3 is 2.50 bits per heavy atom. The van der Waals surface area contributed by atoms with E-state index in [1.165, 1.54) is 5.56 Å². The SMILES string of the molecule is Cc1ccc2nc(-c3ccc(OC(C)C)cc3)[nH]c2c1. The van der Waals surface area contributed by atoms with E-state index in [-0.39, 0.29) is 6.10 Å². The molecule has 0 unspecified atom stereocenters. The molecule has 0 saturated carbocycles. The Balaban J connectivity index is 1.94. The van der Waals surface area contributed by atoms with Crippen LogP contribution in [0.25, 0.3) is 22.4 Å². The summed E-state index contributed by atoms with van der Waals surface area (Å²) in [5, 5.41) is 0. The molecular weight excluding hydrogens is 248 g/mol. The first-order valence-corrected chi connectivity index (χ1v) is 6.85. The molecule has 3 rings (SSSR count). The van der Waals surface area contributed by atoms with Crippen LogP contribution >= 0.6 is 0 Å². The Bertz CT molecular complexity index is 726. The smallest absolute Gasteiger partial charge is 0.138 e. The van der Waals surface area contributed by atoms with Gasteiger partial charge in [-0.3, -0.25) is 0 Å². The van der Waals surface area contributed by atoms with Crippen LogP contribution in [0.15, 0.2) is 42.5 Å². The van der Waals surface area contributed by atoms with Gasteiger partial charge < -0.3 is 9.72 Å². The predicted octanol–water partition coefficient (Wildman–Crippen LogP) is 4.33. The summed E-state index contributed by atoms with van der Waals surface area (Å²) in [5.74, 6) is 1.78. The first-order valence-electron chi connectivity index (χ1n) is 6.85. The molecule has 0 saturated heterocycles. The number of H-pyrrole nitrogens is 1. The van der Waals surface area contributed by atoms with Gasteiger partial charge in [-0.25, -0.2) is 4.98 Å². The van der Waals surface area contributed by atoms with Crippen molar-refractivity contribution in [3.05, 3.63) is 48.0 Å². The van der Waals surface area contributed by atoms with Crippen LogP contribution in [0.3, 0.4) is 0 Å². The van der Waals surface area contributed by atoms with Crippen molar-refractivity contribution in [2.75, 3.05) is 0 Å². The van der Waals surface area contributed by atoms with Crippen LogP contribution in [0.5, 0.6) is 5.75 Å². The molecule has 0 aliphatic carbocycles. The van der Waals surface area contributed by atoms with Crippen molar-refractivity contribution in [1.29, 1.82) is 0 Å². The highest BCUT2D eigenvalue weighted by Crippen LogP contribution is 2.23. The number of nitrogens with one attached hydrogen (secondary N) is 1. The molecule has 3 nitrogen and oxygen atoms in total. The molecule has 0 fully saturated rings. The van der Waals surface area contributed by atoms with Crippen molar-refractivity contribution in [2.45, 2.75) is 26.9 Å². The molecule has 102 valence electrons. The molecule has 2 aromatic carbocycles. The van der Waals surface area contributed by atoms with E-state index in [0.29, 0.717) is 0 Å². The average molecular weight is 266 g/mol. The lowest BCUT2D eigenvalue weighted by atomic mass is 10.2. The monoisotopic (exact) mass is 266 g/mol. The molecule has 1 N–H and O–H groups in total. The van der Waals surface area contributed by atoms with Crippen LogP contribution in [0.4, 0.5) is 0 Å². The zero-order valence-corrected chi connectivity index (χ0v) is 12.0. The standard InChI is InChI=1S/C17H18N2O/c1-11(2)20-14-7-5-13(6-8-14)17-18-15-9-4-12(3)10-16(15)19-17/h4-11H,1-3H3,(H,18,19). The second-order valence-corrected chi connectivity index (χ2v) is 5.30. The molecule has 1 aromatic heterocycles. The van der Waals surface area contributed by atoms with Gasteiger partial charge in [-0.1, -0.05) is 6.07 Å². The Labute approximate surface area is 118 Å². The molecule has 0 aliphatic heterocycles. The highest BCUT2D eigenvalue weighted by Gasteiger charge is 2.06. The first-order chi connectivity index (χ1) is 9.61. The Hall–Kier alpha value is -2.29. The number of benzene rings is 2. The fraction of sp³-hybridized carbons (Fsp3) is 0.235. The molecule has 0 aliphatic rings. The van der Waals surface area contributed by atoms with Crippen LogP contribution in [-0.4, -0.2) is 16.1 Å². The lowest BCUT2D eigenvalue weighted by Gasteiger charge is -2.09. The number of nitrogens with zero attached hydrogens (tertiary/aromatic N) is 1. The summed E-state index contributed by atoms with van der Waals surface area (Å²) in [4.78, 5) is 7.98. The summed E-state index contributed by atoms with van der Waals surface area (Å²) in [6, 6.07) is 14.3. The maximum atomic E-state index is 5.65. The number of aryl methyl sites for hydroxylation is 1. The van der Waals surface area contributed by atoms with Crippen LogP contribution in [0.2, 0.25) is 0 Å². The zero-order chi connectivity index (χ0) is 14.1. The van der Waals surface area contributed by atoms with Crippen LogP contribution in [-0.2, 0) is 0 Å². The van der Waals surface area contributed by atoms with Crippen molar-refractivity contribution in [3.63, 3.8) is 0 Å². The molecule has 0 amide bonds. The van der Waals surface area contributed by atoms with E-state index in [9.17, 15) is 0 Å². The molecule has 0 spiro atoms. The minimum Gasteiger partial charge on any atom is -0.491 e. The van der Waals surface area contributed by atoms with E-state index in [4.69, 9.17) is 4.74 Å². The van der Waals surface area contributed by atoms with Gasteiger partial charge in [0.05, 0.1) is 17.1 Å². The Kier molecular flexibility index (Phi) is 3.18. The third-order valence-electron chi connectivity index (χ3n) is 3.14. The van der Waals surface area contributed by atoms with E-state index in [1.54, 1.807) is 0 Å². The number of hydrogen-bond donors (Lipinski definition) is 1. The van der Waals surface area contributed by atoms with E-state index >= 15 is 0 Å². The van der Waals surface area contributed by atoms with Crippen molar-refractivity contribution in [1.82, 2.24) is 9.97 Å². The van der Waals surface area contributed by atoms with Gasteiger partial charge in [0, 0.05) is 5.56 Å². The normalized spacial score (nSPS) is 11.2.